The highest BCUT2D eigenvalue weighted by molar-refractivity contribution is 7.13. The Kier molecular flexibility index (Phi) is 5.50. The second-order valence-electron chi connectivity index (χ2n) is 10.0. The summed E-state index contributed by atoms with van der Waals surface area (Å²) in [5.41, 5.74) is 3.68. The second kappa shape index (κ2) is 8.74. The molecular formula is C30H21Cl2N3O3S. The summed E-state index contributed by atoms with van der Waals surface area (Å²) in [7, 11) is 0. The number of anilines is 1. The van der Waals surface area contributed by atoms with Crippen LogP contribution in [-0.4, -0.2) is 33.6 Å². The molecule has 39 heavy (non-hydrogen) atoms. The van der Waals surface area contributed by atoms with E-state index < -0.39 is 45.3 Å². The Balaban J connectivity index is 1.38. The molecule has 1 fully saturated rings. The number of nitrogens with one attached hydrogen (secondary N) is 1. The van der Waals surface area contributed by atoms with E-state index in [4.69, 9.17) is 23.2 Å². The van der Waals surface area contributed by atoms with Crippen molar-refractivity contribution in [1.82, 2.24) is 9.88 Å². The van der Waals surface area contributed by atoms with Gasteiger partial charge in [0.1, 0.15) is 15.8 Å². The van der Waals surface area contributed by atoms with Crippen LogP contribution < -0.4 is 5.32 Å². The zero-order valence-electron chi connectivity index (χ0n) is 20.4. The molecule has 0 saturated carbocycles. The third kappa shape index (κ3) is 3.27. The fourth-order valence-electron chi connectivity index (χ4n) is 6.61. The lowest BCUT2D eigenvalue weighted by molar-refractivity contribution is -0.146. The number of imide groups is 1. The molecule has 0 spiro atoms. The van der Waals surface area contributed by atoms with Gasteiger partial charge in [0.2, 0.25) is 17.7 Å². The van der Waals surface area contributed by atoms with Crippen LogP contribution >= 0.6 is 34.5 Å². The van der Waals surface area contributed by atoms with Crippen molar-refractivity contribution < 1.29 is 14.4 Å². The van der Waals surface area contributed by atoms with Crippen LogP contribution in [0, 0.1) is 11.8 Å². The molecule has 1 aliphatic heterocycles. The van der Waals surface area contributed by atoms with Crippen LogP contribution in [0.25, 0.3) is 0 Å². The number of hydrogen-bond donors (Lipinski definition) is 1. The number of benzene rings is 3. The summed E-state index contributed by atoms with van der Waals surface area (Å²) in [6.07, 6.45) is 1.72. The number of halogens is 2. The highest BCUT2D eigenvalue weighted by Gasteiger charge is 2.73. The molecule has 2 bridgehead atoms. The van der Waals surface area contributed by atoms with E-state index in [-0.39, 0.29) is 6.42 Å². The van der Waals surface area contributed by atoms with Crippen molar-refractivity contribution >= 4 is 57.4 Å². The number of nitrogens with zero attached hydrogens (tertiary/aromatic N) is 2. The van der Waals surface area contributed by atoms with Gasteiger partial charge in [0.15, 0.2) is 5.13 Å². The maximum absolute atomic E-state index is 14.4. The molecule has 3 amide bonds. The average molecular weight is 574 g/mol. The van der Waals surface area contributed by atoms with Crippen LogP contribution in [0.1, 0.15) is 27.8 Å². The quantitative estimate of drug-likeness (QED) is 0.260. The molecule has 3 aromatic carbocycles. The summed E-state index contributed by atoms with van der Waals surface area (Å²) in [6, 6.07) is 23.1. The minimum absolute atomic E-state index is 0.138. The predicted molar refractivity (Wildman–Crippen MR) is 150 cm³/mol. The number of carbonyl (C=O) groups is 3. The Morgan fingerprint density at radius 1 is 0.846 bits per heavy atom. The number of hydrogen-bond acceptors (Lipinski definition) is 5. The van der Waals surface area contributed by atoms with Crippen molar-refractivity contribution in [1.29, 1.82) is 0 Å². The van der Waals surface area contributed by atoms with Crippen molar-refractivity contribution in [2.45, 2.75) is 22.2 Å². The first kappa shape index (κ1) is 24.5. The van der Waals surface area contributed by atoms with Crippen LogP contribution in [0.3, 0.4) is 0 Å². The first-order valence-corrected chi connectivity index (χ1v) is 14.2. The van der Waals surface area contributed by atoms with E-state index in [1.807, 2.05) is 78.9 Å². The predicted octanol–water partition coefficient (Wildman–Crippen LogP) is 5.29. The lowest BCUT2D eigenvalue weighted by Gasteiger charge is -2.54. The lowest BCUT2D eigenvalue weighted by Crippen LogP contribution is -2.57. The lowest BCUT2D eigenvalue weighted by atomic mass is 9.54. The highest BCUT2D eigenvalue weighted by Crippen LogP contribution is 2.69. The summed E-state index contributed by atoms with van der Waals surface area (Å²) >= 11 is 16.3. The monoisotopic (exact) mass is 573 g/mol. The molecule has 1 aromatic heterocycles. The minimum Gasteiger partial charge on any atom is -0.300 e. The normalized spacial score (nSPS) is 27.1. The Labute approximate surface area is 238 Å². The maximum Gasteiger partial charge on any atom is 0.249 e. The Morgan fingerprint density at radius 2 is 1.33 bits per heavy atom. The highest BCUT2D eigenvalue weighted by atomic mass is 35.5. The number of alkyl halides is 2. The van der Waals surface area contributed by atoms with Gasteiger partial charge in [-0.2, -0.15) is 0 Å². The Bertz CT molecular complexity index is 1520. The van der Waals surface area contributed by atoms with E-state index in [1.54, 1.807) is 11.6 Å². The van der Waals surface area contributed by atoms with Crippen LogP contribution in [0.4, 0.5) is 5.13 Å². The van der Waals surface area contributed by atoms with Crippen LogP contribution in [0.5, 0.6) is 0 Å². The number of rotatable bonds is 5. The van der Waals surface area contributed by atoms with E-state index in [2.05, 4.69) is 10.3 Å². The molecule has 194 valence electrons. The molecule has 3 aliphatic carbocycles. The SMILES string of the molecule is O=C(Nc1nccs1)[C@@H](Cc1ccccc1)N1C(=O)[C@@H]2[C@H](C1=O)C1(Cl)c3ccccc3C2(Cl)c2ccccc21. The first-order valence-electron chi connectivity index (χ1n) is 12.6. The van der Waals surface area contributed by atoms with Gasteiger partial charge in [-0.05, 0) is 27.8 Å². The van der Waals surface area contributed by atoms with Crippen LogP contribution in [-0.2, 0) is 30.6 Å². The summed E-state index contributed by atoms with van der Waals surface area (Å²) in [4.78, 5) is 45.2. The maximum atomic E-state index is 14.4. The minimum atomic E-state index is -1.31. The topological polar surface area (TPSA) is 79.4 Å². The molecule has 6 nitrogen and oxygen atoms in total. The average Bonchev–Trinajstić information content (AvgIpc) is 3.56. The molecule has 8 rings (SSSR count). The van der Waals surface area contributed by atoms with Gasteiger partial charge < -0.3 is 5.32 Å². The van der Waals surface area contributed by atoms with E-state index in [0.717, 1.165) is 32.7 Å². The summed E-state index contributed by atoms with van der Waals surface area (Å²) in [5, 5.41) is 4.91. The van der Waals surface area contributed by atoms with Gasteiger partial charge in [0.25, 0.3) is 0 Å². The van der Waals surface area contributed by atoms with E-state index in [1.165, 1.54) is 11.3 Å². The number of aromatic nitrogens is 1. The van der Waals surface area contributed by atoms with Crippen molar-refractivity contribution in [3.8, 4) is 0 Å². The Morgan fingerprint density at radius 3 is 1.79 bits per heavy atom. The van der Waals surface area contributed by atoms with Gasteiger partial charge in [-0.15, -0.1) is 34.5 Å². The van der Waals surface area contributed by atoms with Crippen molar-refractivity contribution in [2.75, 3.05) is 5.32 Å². The first-order chi connectivity index (χ1) is 18.9. The molecule has 9 heteroatoms. The summed E-state index contributed by atoms with van der Waals surface area (Å²) < 4.78 is 0. The molecule has 0 radical (unpaired) electrons. The third-order valence-electron chi connectivity index (χ3n) is 8.17. The van der Waals surface area contributed by atoms with Crippen molar-refractivity contribution in [2.24, 2.45) is 11.8 Å². The largest absolute Gasteiger partial charge is 0.300 e. The number of carbonyl (C=O) groups excluding carboxylic acids is 3. The molecule has 3 atom stereocenters. The standard InChI is InChI=1S/C30H21Cl2N3O3S/c31-29-18-10-4-5-11-19(18)30(32,21-13-7-6-12-20(21)29)24-23(29)26(37)35(27(24)38)22(16-17-8-2-1-3-9-17)25(36)34-28-33-14-15-39-28/h1-15,22-24H,16H2,(H,33,34,36)/t22-,23-,24+,29?,30?/m1/s1. The second-order valence-corrected chi connectivity index (χ2v) is 12.1. The Hall–Kier alpha value is -3.52. The fourth-order valence-corrected chi connectivity index (χ4v) is 8.24. The van der Waals surface area contributed by atoms with Crippen molar-refractivity contribution in [3.05, 3.63) is 118 Å². The third-order valence-corrected chi connectivity index (χ3v) is 10.1. The smallest absolute Gasteiger partial charge is 0.249 e. The molecule has 1 saturated heterocycles. The van der Waals surface area contributed by atoms with Gasteiger partial charge in [-0.25, -0.2) is 4.98 Å². The summed E-state index contributed by atoms with van der Waals surface area (Å²) in [5.74, 6) is -3.43. The zero-order valence-corrected chi connectivity index (χ0v) is 22.7. The molecule has 1 N–H and O–H groups in total. The van der Waals surface area contributed by atoms with Crippen LogP contribution in [0.2, 0.25) is 0 Å². The number of amides is 3. The molecule has 4 aliphatic rings. The van der Waals surface area contributed by atoms with E-state index in [9.17, 15) is 14.4 Å². The van der Waals surface area contributed by atoms with Crippen molar-refractivity contribution in [3.63, 3.8) is 0 Å². The van der Waals surface area contributed by atoms with Gasteiger partial charge in [-0.3, -0.25) is 19.3 Å². The van der Waals surface area contributed by atoms with Gasteiger partial charge in [0, 0.05) is 18.0 Å². The van der Waals surface area contributed by atoms with Gasteiger partial charge in [0.05, 0.1) is 11.8 Å². The van der Waals surface area contributed by atoms with E-state index in [0.29, 0.717) is 5.13 Å². The molecule has 2 heterocycles. The fraction of sp³-hybridized carbons (Fsp3) is 0.200. The van der Waals surface area contributed by atoms with Gasteiger partial charge in [-0.1, -0.05) is 78.9 Å². The zero-order chi connectivity index (χ0) is 26.9. The number of thiazole rings is 1. The van der Waals surface area contributed by atoms with E-state index >= 15 is 0 Å². The molecule has 0 unspecified atom stereocenters. The van der Waals surface area contributed by atoms with Gasteiger partial charge >= 0.3 is 0 Å². The number of likely N-dealkylation sites (tertiary alicyclic amines) is 1. The summed E-state index contributed by atoms with van der Waals surface area (Å²) in [6.45, 7) is 0. The van der Waals surface area contributed by atoms with Crippen LogP contribution in [0.15, 0.2) is 90.4 Å². The molecule has 4 aromatic rings. The molecular weight excluding hydrogens is 553 g/mol.